The molecular formula is C52H34N2. The molecule has 0 radical (unpaired) electrons. The van der Waals surface area contributed by atoms with E-state index in [0.717, 1.165) is 28.3 Å². The van der Waals surface area contributed by atoms with Crippen LogP contribution in [0.4, 0.5) is 17.1 Å². The Morgan fingerprint density at radius 1 is 0.315 bits per heavy atom. The van der Waals surface area contributed by atoms with Crippen molar-refractivity contribution < 1.29 is 0 Å². The van der Waals surface area contributed by atoms with Crippen molar-refractivity contribution in [3.63, 3.8) is 0 Å². The largest absolute Gasteiger partial charge is 0.310 e. The molecule has 0 bridgehead atoms. The van der Waals surface area contributed by atoms with Crippen LogP contribution in [0.5, 0.6) is 0 Å². The molecule has 252 valence electrons. The minimum absolute atomic E-state index is 1.10. The molecule has 0 saturated heterocycles. The molecule has 0 fully saturated rings. The summed E-state index contributed by atoms with van der Waals surface area (Å²) < 4.78 is 2.45. The molecule has 10 aromatic rings. The van der Waals surface area contributed by atoms with E-state index in [4.69, 9.17) is 0 Å². The summed E-state index contributed by atoms with van der Waals surface area (Å²) in [4.78, 5) is 2.39. The van der Waals surface area contributed by atoms with Gasteiger partial charge in [-0.25, -0.2) is 0 Å². The molecule has 2 nitrogen and oxygen atoms in total. The molecule has 0 amide bonds. The van der Waals surface area contributed by atoms with Crippen molar-refractivity contribution in [1.29, 1.82) is 0 Å². The van der Waals surface area contributed by atoms with Gasteiger partial charge in [0.2, 0.25) is 0 Å². The Balaban J connectivity index is 1.12. The highest BCUT2D eigenvalue weighted by Gasteiger charge is 2.24. The summed E-state index contributed by atoms with van der Waals surface area (Å²) in [6.07, 6.45) is 0. The Morgan fingerprint density at radius 2 is 0.889 bits per heavy atom. The molecule has 1 aliphatic rings. The second-order valence-electron chi connectivity index (χ2n) is 14.1. The Kier molecular flexibility index (Phi) is 6.90. The lowest BCUT2D eigenvalue weighted by Crippen LogP contribution is -2.10. The quantitative estimate of drug-likeness (QED) is 0.169. The van der Waals surface area contributed by atoms with Gasteiger partial charge in [0.05, 0.1) is 16.7 Å². The summed E-state index contributed by atoms with van der Waals surface area (Å²) in [6, 6.07) is 75.2. The SMILES string of the molecule is c1ccc(-c2ccc(-c3cccc(N(c4ccccc4)c4ccc5c(c4)-c4cccc6cccc-5c46)c3)c(-n3c4ccccc4c4ccccc43)c2)cc1. The van der Waals surface area contributed by atoms with Gasteiger partial charge >= 0.3 is 0 Å². The highest BCUT2D eigenvalue weighted by atomic mass is 15.1. The zero-order chi connectivity index (χ0) is 35.6. The van der Waals surface area contributed by atoms with Crippen LogP contribution in [0.15, 0.2) is 206 Å². The van der Waals surface area contributed by atoms with E-state index < -0.39 is 0 Å². The highest BCUT2D eigenvalue weighted by Crippen LogP contribution is 2.50. The third-order valence-corrected chi connectivity index (χ3v) is 11.1. The summed E-state index contributed by atoms with van der Waals surface area (Å²) in [5.41, 5.74) is 16.8. The van der Waals surface area contributed by atoms with Crippen molar-refractivity contribution in [2.24, 2.45) is 0 Å². The topological polar surface area (TPSA) is 8.17 Å². The molecule has 0 aliphatic heterocycles. The lowest BCUT2D eigenvalue weighted by atomic mass is 9.97. The third kappa shape index (κ3) is 4.74. The average molecular weight is 687 g/mol. The molecule has 0 unspecified atom stereocenters. The Hall–Kier alpha value is -7.16. The van der Waals surface area contributed by atoms with E-state index in [1.807, 2.05) is 0 Å². The van der Waals surface area contributed by atoms with Gasteiger partial charge in [0.15, 0.2) is 0 Å². The zero-order valence-electron chi connectivity index (χ0n) is 29.5. The van der Waals surface area contributed by atoms with Crippen molar-refractivity contribution >= 4 is 49.6 Å². The van der Waals surface area contributed by atoms with E-state index >= 15 is 0 Å². The first-order valence-electron chi connectivity index (χ1n) is 18.6. The highest BCUT2D eigenvalue weighted by molar-refractivity contribution is 6.16. The van der Waals surface area contributed by atoms with Crippen LogP contribution in [0.25, 0.3) is 82.8 Å². The van der Waals surface area contributed by atoms with Gasteiger partial charge in [-0.3, -0.25) is 0 Å². The van der Waals surface area contributed by atoms with E-state index in [1.54, 1.807) is 0 Å². The molecule has 11 rings (SSSR count). The third-order valence-electron chi connectivity index (χ3n) is 11.1. The van der Waals surface area contributed by atoms with Crippen LogP contribution in [-0.2, 0) is 0 Å². The van der Waals surface area contributed by atoms with Crippen LogP contribution in [-0.4, -0.2) is 4.57 Å². The molecule has 54 heavy (non-hydrogen) atoms. The molecule has 2 heteroatoms. The number of para-hydroxylation sites is 3. The molecular weight excluding hydrogens is 653 g/mol. The maximum Gasteiger partial charge on any atom is 0.0546 e. The van der Waals surface area contributed by atoms with Gasteiger partial charge in [0, 0.05) is 33.4 Å². The van der Waals surface area contributed by atoms with E-state index in [-0.39, 0.29) is 0 Å². The molecule has 1 heterocycles. The van der Waals surface area contributed by atoms with E-state index in [0.29, 0.717) is 0 Å². The number of fused-ring (bicyclic) bond motifs is 6. The Bertz CT molecular complexity index is 2990. The second-order valence-corrected chi connectivity index (χ2v) is 14.1. The predicted molar refractivity (Wildman–Crippen MR) is 228 cm³/mol. The first-order valence-corrected chi connectivity index (χ1v) is 18.6. The van der Waals surface area contributed by atoms with Crippen LogP contribution >= 0.6 is 0 Å². The minimum atomic E-state index is 1.10. The van der Waals surface area contributed by atoms with Crippen LogP contribution in [0.3, 0.4) is 0 Å². The fourth-order valence-corrected chi connectivity index (χ4v) is 8.71. The standard InChI is InChI=1S/C52H34N2/c1-3-14-35(15-4-1)37-28-30-42(51(33-37)54-49-26-9-7-22-44(49)45-23-8-10-27-50(45)54)38-18-11-21-40(32-38)53(39-19-5-2-6-20-39)41-29-31-43-46-24-12-16-36-17-13-25-47(52(36)46)48(43)34-41/h1-34H. The first-order chi connectivity index (χ1) is 26.8. The Morgan fingerprint density at radius 3 is 1.63 bits per heavy atom. The van der Waals surface area contributed by atoms with Crippen LogP contribution in [0, 0.1) is 0 Å². The van der Waals surface area contributed by atoms with E-state index in [2.05, 4.69) is 216 Å². The summed E-state index contributed by atoms with van der Waals surface area (Å²) in [7, 11) is 0. The molecule has 0 spiro atoms. The smallest absolute Gasteiger partial charge is 0.0546 e. The van der Waals surface area contributed by atoms with Crippen molar-refractivity contribution in [2.45, 2.75) is 0 Å². The molecule has 1 aliphatic carbocycles. The van der Waals surface area contributed by atoms with Gasteiger partial charge in [0.1, 0.15) is 0 Å². The zero-order valence-corrected chi connectivity index (χ0v) is 29.5. The number of benzene rings is 9. The van der Waals surface area contributed by atoms with Crippen molar-refractivity contribution in [1.82, 2.24) is 4.57 Å². The molecule has 9 aromatic carbocycles. The summed E-state index contributed by atoms with van der Waals surface area (Å²) in [5, 5.41) is 5.13. The van der Waals surface area contributed by atoms with E-state index in [1.165, 1.54) is 71.5 Å². The van der Waals surface area contributed by atoms with Crippen molar-refractivity contribution in [2.75, 3.05) is 4.90 Å². The van der Waals surface area contributed by atoms with E-state index in [9.17, 15) is 0 Å². The van der Waals surface area contributed by atoms with Gasteiger partial charge in [-0.05, 0) is 104 Å². The van der Waals surface area contributed by atoms with Crippen LogP contribution in [0.1, 0.15) is 0 Å². The van der Waals surface area contributed by atoms with Gasteiger partial charge in [-0.2, -0.15) is 0 Å². The number of anilines is 3. The molecule has 0 saturated carbocycles. The molecule has 1 aromatic heterocycles. The van der Waals surface area contributed by atoms with Gasteiger partial charge in [0.25, 0.3) is 0 Å². The monoisotopic (exact) mass is 686 g/mol. The number of hydrogen-bond donors (Lipinski definition) is 0. The average Bonchev–Trinajstić information content (AvgIpc) is 3.75. The second kappa shape index (κ2) is 12.2. The summed E-state index contributed by atoms with van der Waals surface area (Å²) in [6.45, 7) is 0. The molecule has 0 N–H and O–H groups in total. The fraction of sp³-hybridized carbons (Fsp3) is 0. The van der Waals surface area contributed by atoms with Gasteiger partial charge < -0.3 is 9.47 Å². The maximum atomic E-state index is 2.45. The number of nitrogens with zero attached hydrogens (tertiary/aromatic N) is 2. The minimum Gasteiger partial charge on any atom is -0.310 e. The van der Waals surface area contributed by atoms with Gasteiger partial charge in [-0.15, -0.1) is 0 Å². The van der Waals surface area contributed by atoms with Crippen LogP contribution < -0.4 is 4.90 Å². The first kappa shape index (κ1) is 30.5. The van der Waals surface area contributed by atoms with Crippen molar-refractivity contribution in [3.8, 4) is 50.2 Å². The maximum absolute atomic E-state index is 2.45. The van der Waals surface area contributed by atoms with Crippen molar-refractivity contribution in [3.05, 3.63) is 206 Å². The fourth-order valence-electron chi connectivity index (χ4n) is 8.71. The summed E-state index contributed by atoms with van der Waals surface area (Å²) >= 11 is 0. The number of aromatic nitrogens is 1. The lowest BCUT2D eigenvalue weighted by molar-refractivity contribution is 1.18. The lowest BCUT2D eigenvalue weighted by Gasteiger charge is -2.27. The molecule has 0 atom stereocenters. The summed E-state index contributed by atoms with van der Waals surface area (Å²) in [5.74, 6) is 0. The normalized spacial score (nSPS) is 11.7. The van der Waals surface area contributed by atoms with Gasteiger partial charge in [-0.1, -0.05) is 152 Å². The predicted octanol–water partition coefficient (Wildman–Crippen LogP) is 14.4. The number of rotatable bonds is 6. The number of hydrogen-bond acceptors (Lipinski definition) is 1. The van der Waals surface area contributed by atoms with Crippen LogP contribution in [0.2, 0.25) is 0 Å². The Labute approximate surface area is 314 Å².